The summed E-state index contributed by atoms with van der Waals surface area (Å²) in [4.78, 5) is 22.1. The molecule has 19 heavy (non-hydrogen) atoms. The van der Waals surface area contributed by atoms with E-state index < -0.39 is 24.6 Å². The summed E-state index contributed by atoms with van der Waals surface area (Å²) < 4.78 is 0. The Morgan fingerprint density at radius 2 is 2.16 bits per heavy atom. The maximum absolute atomic E-state index is 11.5. The van der Waals surface area contributed by atoms with Gasteiger partial charge in [0, 0.05) is 0 Å². The molecule has 0 aliphatic rings. The van der Waals surface area contributed by atoms with Crippen LogP contribution >= 0.6 is 11.6 Å². The summed E-state index contributed by atoms with van der Waals surface area (Å²) in [6.45, 7) is -0.732. The minimum Gasteiger partial charge on any atom is -0.480 e. The molecule has 1 aromatic carbocycles. The number of nitriles is 1. The molecule has 0 bridgehead atoms. The van der Waals surface area contributed by atoms with Crippen molar-refractivity contribution in [3.05, 3.63) is 28.8 Å². The Hall–Kier alpha value is -2.30. The van der Waals surface area contributed by atoms with Crippen LogP contribution < -0.4 is 10.6 Å². The molecule has 0 spiro atoms. The number of carboxylic acid groups (broad SMARTS) is 1. The zero-order chi connectivity index (χ0) is 14.4. The van der Waals surface area contributed by atoms with E-state index in [9.17, 15) is 9.59 Å². The summed E-state index contributed by atoms with van der Waals surface area (Å²) in [7, 11) is 0. The molecule has 0 heterocycles. The predicted molar refractivity (Wildman–Crippen MR) is 66.8 cm³/mol. The van der Waals surface area contributed by atoms with Crippen LogP contribution in [0.2, 0.25) is 5.02 Å². The van der Waals surface area contributed by atoms with Gasteiger partial charge < -0.3 is 20.8 Å². The monoisotopic (exact) mass is 283 g/mol. The van der Waals surface area contributed by atoms with Gasteiger partial charge in [-0.1, -0.05) is 11.6 Å². The molecule has 0 aliphatic carbocycles. The Morgan fingerprint density at radius 1 is 1.47 bits per heavy atom. The van der Waals surface area contributed by atoms with E-state index in [0.29, 0.717) is 5.56 Å². The molecule has 2 amide bonds. The van der Waals surface area contributed by atoms with Crippen LogP contribution in [0.15, 0.2) is 18.2 Å². The topological polar surface area (TPSA) is 122 Å². The normalized spacial score (nSPS) is 11.2. The van der Waals surface area contributed by atoms with Crippen LogP contribution in [0.25, 0.3) is 0 Å². The van der Waals surface area contributed by atoms with Gasteiger partial charge in [0.15, 0.2) is 6.04 Å². The molecule has 4 N–H and O–H groups in total. The average molecular weight is 284 g/mol. The van der Waals surface area contributed by atoms with E-state index in [1.165, 1.54) is 18.2 Å². The summed E-state index contributed by atoms with van der Waals surface area (Å²) in [6.07, 6.45) is 0. The fraction of sp³-hybridized carbons (Fsp3) is 0.182. The molecule has 7 nitrogen and oxygen atoms in total. The summed E-state index contributed by atoms with van der Waals surface area (Å²) in [5.41, 5.74) is 0.551. The number of halogens is 1. The zero-order valence-corrected chi connectivity index (χ0v) is 10.3. The number of aliphatic carboxylic acids is 1. The van der Waals surface area contributed by atoms with Gasteiger partial charge in [0.25, 0.3) is 0 Å². The second-order valence-electron chi connectivity index (χ2n) is 3.48. The lowest BCUT2D eigenvalue weighted by Gasteiger charge is -2.13. The van der Waals surface area contributed by atoms with Crippen molar-refractivity contribution < 1.29 is 19.8 Å². The van der Waals surface area contributed by atoms with E-state index in [-0.39, 0.29) is 10.7 Å². The number of urea groups is 1. The number of rotatable bonds is 4. The molecule has 0 radical (unpaired) electrons. The average Bonchev–Trinajstić information content (AvgIpc) is 2.37. The summed E-state index contributed by atoms with van der Waals surface area (Å²) >= 11 is 5.83. The Morgan fingerprint density at radius 3 is 2.63 bits per heavy atom. The van der Waals surface area contributed by atoms with Crippen LogP contribution in [-0.4, -0.2) is 34.9 Å². The third kappa shape index (κ3) is 4.13. The second-order valence-corrected chi connectivity index (χ2v) is 3.89. The van der Waals surface area contributed by atoms with Gasteiger partial charge in [0.05, 0.1) is 28.9 Å². The van der Waals surface area contributed by atoms with E-state index in [2.05, 4.69) is 5.32 Å². The van der Waals surface area contributed by atoms with Gasteiger partial charge in [0.2, 0.25) is 0 Å². The third-order valence-electron chi connectivity index (χ3n) is 2.13. The van der Waals surface area contributed by atoms with Crippen molar-refractivity contribution in [1.82, 2.24) is 5.32 Å². The SMILES string of the molecule is N#Cc1ccc(NC(=O)NC(CO)C(=O)O)c(Cl)c1. The van der Waals surface area contributed by atoms with Gasteiger partial charge in [-0.05, 0) is 18.2 Å². The highest BCUT2D eigenvalue weighted by Gasteiger charge is 2.18. The largest absolute Gasteiger partial charge is 0.480 e. The summed E-state index contributed by atoms with van der Waals surface area (Å²) in [6, 6.07) is 3.87. The summed E-state index contributed by atoms with van der Waals surface area (Å²) in [5, 5.41) is 30.5. The number of amides is 2. The number of benzene rings is 1. The van der Waals surface area contributed by atoms with Crippen LogP contribution in [0, 0.1) is 11.3 Å². The van der Waals surface area contributed by atoms with E-state index in [4.69, 9.17) is 27.1 Å². The molecule has 0 saturated heterocycles. The van der Waals surface area contributed by atoms with Gasteiger partial charge in [-0.3, -0.25) is 0 Å². The minimum absolute atomic E-state index is 0.144. The number of carbonyl (C=O) groups is 2. The molecule has 8 heteroatoms. The van der Waals surface area contributed by atoms with Crippen molar-refractivity contribution in [2.75, 3.05) is 11.9 Å². The van der Waals surface area contributed by atoms with Gasteiger partial charge in [-0.15, -0.1) is 0 Å². The first kappa shape index (κ1) is 14.8. The number of hydrogen-bond donors (Lipinski definition) is 4. The van der Waals surface area contributed by atoms with Crippen molar-refractivity contribution in [2.45, 2.75) is 6.04 Å². The Bertz CT molecular complexity index is 541. The number of aliphatic hydroxyl groups is 1. The molecular weight excluding hydrogens is 274 g/mol. The molecule has 100 valence electrons. The highest BCUT2D eigenvalue weighted by molar-refractivity contribution is 6.33. The van der Waals surface area contributed by atoms with Gasteiger partial charge in [-0.25, -0.2) is 9.59 Å². The first-order chi connectivity index (χ1) is 8.97. The fourth-order valence-corrected chi connectivity index (χ4v) is 1.42. The zero-order valence-electron chi connectivity index (χ0n) is 9.55. The van der Waals surface area contributed by atoms with Crippen molar-refractivity contribution in [1.29, 1.82) is 5.26 Å². The number of anilines is 1. The standard InChI is InChI=1S/C11H10ClN3O4/c12-7-3-6(4-13)1-2-8(7)14-11(19)15-9(5-16)10(17)18/h1-3,9,16H,5H2,(H,17,18)(H2,14,15,19). The number of hydrogen-bond acceptors (Lipinski definition) is 4. The van der Waals surface area contributed by atoms with Gasteiger partial charge in [0.1, 0.15) is 0 Å². The quantitative estimate of drug-likeness (QED) is 0.650. The highest BCUT2D eigenvalue weighted by atomic mass is 35.5. The number of aliphatic hydroxyl groups excluding tert-OH is 1. The van der Waals surface area contributed by atoms with E-state index >= 15 is 0 Å². The maximum atomic E-state index is 11.5. The summed E-state index contributed by atoms with van der Waals surface area (Å²) in [5.74, 6) is -1.36. The molecule has 1 rings (SSSR count). The van der Waals surface area contributed by atoms with Crippen LogP contribution in [0.5, 0.6) is 0 Å². The van der Waals surface area contributed by atoms with Crippen molar-refractivity contribution >= 4 is 29.3 Å². The molecule has 0 aliphatic heterocycles. The number of nitrogens with one attached hydrogen (secondary N) is 2. The van der Waals surface area contributed by atoms with E-state index in [0.717, 1.165) is 0 Å². The minimum atomic E-state index is -1.41. The smallest absolute Gasteiger partial charge is 0.328 e. The Kier molecular flexibility index (Phi) is 5.11. The molecule has 0 aromatic heterocycles. The molecule has 1 atom stereocenters. The predicted octanol–water partition coefficient (Wildman–Crippen LogP) is 0.779. The lowest BCUT2D eigenvalue weighted by molar-refractivity contribution is -0.140. The second kappa shape index (κ2) is 6.58. The van der Waals surface area contributed by atoms with Crippen LogP contribution in [0.3, 0.4) is 0 Å². The van der Waals surface area contributed by atoms with Crippen molar-refractivity contribution in [2.24, 2.45) is 0 Å². The van der Waals surface area contributed by atoms with Gasteiger partial charge >= 0.3 is 12.0 Å². The van der Waals surface area contributed by atoms with Crippen LogP contribution in [0.4, 0.5) is 10.5 Å². The maximum Gasteiger partial charge on any atom is 0.328 e. The lowest BCUT2D eigenvalue weighted by atomic mass is 10.2. The van der Waals surface area contributed by atoms with Crippen molar-refractivity contribution in [3.8, 4) is 6.07 Å². The van der Waals surface area contributed by atoms with Crippen molar-refractivity contribution in [3.63, 3.8) is 0 Å². The Balaban J connectivity index is 2.72. The van der Waals surface area contributed by atoms with Crippen LogP contribution in [-0.2, 0) is 4.79 Å². The van der Waals surface area contributed by atoms with Crippen LogP contribution in [0.1, 0.15) is 5.56 Å². The molecule has 0 fully saturated rings. The fourth-order valence-electron chi connectivity index (χ4n) is 1.19. The molecule has 1 aromatic rings. The first-order valence-corrected chi connectivity index (χ1v) is 5.46. The number of carboxylic acids is 1. The number of carbonyl (C=O) groups excluding carboxylic acids is 1. The van der Waals surface area contributed by atoms with E-state index in [1.807, 2.05) is 11.4 Å². The number of nitrogens with zero attached hydrogens (tertiary/aromatic N) is 1. The Labute approximate surface area is 113 Å². The molecule has 1 unspecified atom stereocenters. The molecule has 0 saturated carbocycles. The lowest BCUT2D eigenvalue weighted by Crippen LogP contribution is -2.45. The first-order valence-electron chi connectivity index (χ1n) is 5.08. The van der Waals surface area contributed by atoms with E-state index in [1.54, 1.807) is 0 Å². The molecular formula is C11H10ClN3O4. The highest BCUT2D eigenvalue weighted by Crippen LogP contribution is 2.22. The van der Waals surface area contributed by atoms with Gasteiger partial charge in [-0.2, -0.15) is 5.26 Å². The third-order valence-corrected chi connectivity index (χ3v) is 2.45.